The summed E-state index contributed by atoms with van der Waals surface area (Å²) in [5.74, 6) is -2.00. The number of nitrogens with zero attached hydrogens (tertiary/aromatic N) is 7. The summed E-state index contributed by atoms with van der Waals surface area (Å²) in [6.07, 6.45) is 8.27. The lowest BCUT2D eigenvalue weighted by atomic mass is 9.80. The van der Waals surface area contributed by atoms with Crippen LogP contribution in [-0.2, 0) is 12.1 Å². The molecular formula is C22H20ClF2N7O. The molecule has 33 heavy (non-hydrogen) atoms. The fourth-order valence-corrected chi connectivity index (χ4v) is 3.81. The van der Waals surface area contributed by atoms with E-state index in [1.807, 2.05) is 24.3 Å². The molecule has 0 unspecified atom stereocenters. The quantitative estimate of drug-likeness (QED) is 0.420. The van der Waals surface area contributed by atoms with E-state index >= 15 is 0 Å². The first-order valence-corrected chi connectivity index (χ1v) is 10.4. The monoisotopic (exact) mass is 471 g/mol. The molecule has 0 saturated heterocycles. The zero-order valence-corrected chi connectivity index (χ0v) is 18.3. The predicted octanol–water partition coefficient (Wildman–Crippen LogP) is 3.81. The van der Waals surface area contributed by atoms with Gasteiger partial charge in [-0.25, -0.2) is 23.1 Å². The molecular weight excluding hydrogens is 452 g/mol. The van der Waals surface area contributed by atoms with Gasteiger partial charge in [0.2, 0.25) is 0 Å². The zero-order chi connectivity index (χ0) is 23.4. The average molecular weight is 472 g/mol. The van der Waals surface area contributed by atoms with Crippen molar-refractivity contribution < 1.29 is 13.9 Å². The Balaban J connectivity index is 1.56. The van der Waals surface area contributed by atoms with E-state index in [-0.39, 0.29) is 12.1 Å². The lowest BCUT2D eigenvalue weighted by Gasteiger charge is -2.34. The third-order valence-corrected chi connectivity index (χ3v) is 5.79. The lowest BCUT2D eigenvalue weighted by molar-refractivity contribution is -0.0379. The van der Waals surface area contributed by atoms with Gasteiger partial charge in [-0.1, -0.05) is 42.8 Å². The summed E-state index contributed by atoms with van der Waals surface area (Å²) in [6.45, 7) is 1.73. The molecule has 4 rings (SSSR count). The highest BCUT2D eigenvalue weighted by Crippen LogP contribution is 2.36. The molecule has 1 N–H and O–H groups in total. The second-order valence-corrected chi connectivity index (χ2v) is 8.05. The van der Waals surface area contributed by atoms with Gasteiger partial charge in [-0.05, 0) is 46.5 Å². The number of benzene rings is 2. The molecule has 2 atom stereocenters. The van der Waals surface area contributed by atoms with Crippen LogP contribution in [0.4, 0.5) is 8.78 Å². The molecule has 2 aromatic heterocycles. The third kappa shape index (κ3) is 4.96. The topological polar surface area (TPSA) is 94.5 Å². The van der Waals surface area contributed by atoms with Crippen LogP contribution in [0.15, 0.2) is 61.5 Å². The van der Waals surface area contributed by atoms with Crippen molar-refractivity contribution in [3.8, 4) is 5.69 Å². The van der Waals surface area contributed by atoms with Crippen LogP contribution in [0.1, 0.15) is 24.5 Å². The van der Waals surface area contributed by atoms with Gasteiger partial charge in [0.25, 0.3) is 0 Å². The number of tetrazole rings is 1. The van der Waals surface area contributed by atoms with Crippen LogP contribution in [-0.4, -0.2) is 40.1 Å². The summed E-state index contributed by atoms with van der Waals surface area (Å²) in [6, 6.07) is 8.52. The molecule has 0 spiro atoms. The first-order chi connectivity index (χ1) is 15.9. The fraction of sp³-hybridized carbons (Fsp3) is 0.227. The second kappa shape index (κ2) is 9.55. The van der Waals surface area contributed by atoms with Crippen LogP contribution in [0.25, 0.3) is 11.8 Å². The molecule has 170 valence electrons. The summed E-state index contributed by atoms with van der Waals surface area (Å²) in [5.41, 5.74) is -0.203. The minimum atomic E-state index is -1.66. The summed E-state index contributed by atoms with van der Waals surface area (Å²) in [5, 5.41) is 27.1. The SMILES string of the molecule is C[C@@H](C/C=C/c1ccc(-n2cnnn2)cc1Cl)[C@](O)(Cn1cncn1)c1ccc(F)cc1F. The standard InChI is InChI=1S/C22H20ClF2N7O/c1-15(3-2-4-16-5-7-18(10-20(16)23)32-14-27-29-30-32)22(33,11-31-13-26-12-28-31)19-8-6-17(24)9-21(19)25/h2,4-10,12-15,33H,3,11H2,1H3/b4-2+/t15-,22+/m0/s1. The fourth-order valence-electron chi connectivity index (χ4n) is 3.58. The Morgan fingerprint density at radius 3 is 2.70 bits per heavy atom. The van der Waals surface area contributed by atoms with Crippen LogP contribution in [0.3, 0.4) is 0 Å². The number of aliphatic hydroxyl groups is 1. The molecule has 0 aliphatic rings. The van der Waals surface area contributed by atoms with E-state index in [1.165, 1.54) is 34.4 Å². The van der Waals surface area contributed by atoms with Crippen LogP contribution < -0.4 is 0 Å². The highest BCUT2D eigenvalue weighted by atomic mass is 35.5. The smallest absolute Gasteiger partial charge is 0.143 e. The normalized spacial score (nSPS) is 14.5. The lowest BCUT2D eigenvalue weighted by Crippen LogP contribution is -2.39. The Morgan fingerprint density at radius 1 is 1.18 bits per heavy atom. The van der Waals surface area contributed by atoms with Gasteiger partial charge in [0.15, 0.2) is 0 Å². The maximum Gasteiger partial charge on any atom is 0.143 e. The second-order valence-electron chi connectivity index (χ2n) is 7.64. The third-order valence-electron chi connectivity index (χ3n) is 5.47. The van der Waals surface area contributed by atoms with Gasteiger partial charge in [0.05, 0.1) is 12.2 Å². The number of rotatable bonds is 8. The van der Waals surface area contributed by atoms with Crippen molar-refractivity contribution in [2.24, 2.45) is 5.92 Å². The first kappa shape index (κ1) is 22.7. The van der Waals surface area contributed by atoms with E-state index in [4.69, 9.17) is 11.6 Å². The molecule has 2 heterocycles. The van der Waals surface area contributed by atoms with E-state index in [9.17, 15) is 13.9 Å². The molecule has 0 aliphatic carbocycles. The van der Waals surface area contributed by atoms with Gasteiger partial charge >= 0.3 is 0 Å². The van der Waals surface area contributed by atoms with E-state index in [0.717, 1.165) is 17.7 Å². The molecule has 0 amide bonds. The summed E-state index contributed by atoms with van der Waals surface area (Å²) >= 11 is 6.39. The Morgan fingerprint density at radius 2 is 2.03 bits per heavy atom. The molecule has 2 aromatic carbocycles. The van der Waals surface area contributed by atoms with Gasteiger partial charge < -0.3 is 5.11 Å². The Labute approximate surface area is 193 Å². The molecule has 4 aromatic rings. The minimum absolute atomic E-state index is 0.0101. The number of halogens is 3. The summed E-state index contributed by atoms with van der Waals surface area (Å²) in [7, 11) is 0. The van der Waals surface area contributed by atoms with E-state index in [0.29, 0.717) is 17.1 Å². The van der Waals surface area contributed by atoms with Crippen LogP contribution >= 0.6 is 11.6 Å². The summed E-state index contributed by atoms with van der Waals surface area (Å²) in [4.78, 5) is 3.88. The van der Waals surface area contributed by atoms with E-state index in [1.54, 1.807) is 13.0 Å². The number of hydrogen-bond acceptors (Lipinski definition) is 6. The zero-order valence-electron chi connectivity index (χ0n) is 17.6. The molecule has 0 bridgehead atoms. The molecule has 11 heteroatoms. The molecule has 8 nitrogen and oxygen atoms in total. The highest BCUT2D eigenvalue weighted by Gasteiger charge is 2.38. The first-order valence-electron chi connectivity index (χ1n) is 10.1. The maximum atomic E-state index is 14.6. The van der Waals surface area contributed by atoms with Crippen molar-refractivity contribution >= 4 is 17.7 Å². The maximum absolute atomic E-state index is 14.6. The van der Waals surface area contributed by atoms with Gasteiger partial charge in [0.1, 0.15) is 36.2 Å². The Bertz CT molecular complexity index is 1250. The molecule has 0 fully saturated rings. The van der Waals surface area contributed by atoms with Gasteiger partial charge in [-0.3, -0.25) is 0 Å². The van der Waals surface area contributed by atoms with E-state index < -0.39 is 23.2 Å². The Kier molecular flexibility index (Phi) is 6.57. The van der Waals surface area contributed by atoms with Crippen molar-refractivity contribution in [1.82, 2.24) is 35.0 Å². The van der Waals surface area contributed by atoms with Crippen LogP contribution in [0.5, 0.6) is 0 Å². The van der Waals surface area contributed by atoms with Gasteiger partial charge in [-0.15, -0.1) is 5.10 Å². The molecule has 0 saturated carbocycles. The van der Waals surface area contributed by atoms with Crippen molar-refractivity contribution in [2.45, 2.75) is 25.5 Å². The van der Waals surface area contributed by atoms with Crippen molar-refractivity contribution in [3.63, 3.8) is 0 Å². The van der Waals surface area contributed by atoms with Crippen molar-refractivity contribution in [1.29, 1.82) is 0 Å². The largest absolute Gasteiger partial charge is 0.383 e. The molecule has 0 aliphatic heterocycles. The van der Waals surface area contributed by atoms with Crippen molar-refractivity contribution in [3.05, 3.63) is 89.2 Å². The van der Waals surface area contributed by atoms with E-state index in [2.05, 4.69) is 25.6 Å². The highest BCUT2D eigenvalue weighted by molar-refractivity contribution is 6.32. The predicted molar refractivity (Wildman–Crippen MR) is 117 cm³/mol. The van der Waals surface area contributed by atoms with Gasteiger partial charge in [-0.2, -0.15) is 5.10 Å². The van der Waals surface area contributed by atoms with Crippen LogP contribution in [0, 0.1) is 17.6 Å². The van der Waals surface area contributed by atoms with Crippen LogP contribution in [0.2, 0.25) is 5.02 Å². The Hall–Kier alpha value is -3.50. The van der Waals surface area contributed by atoms with Gasteiger partial charge in [0, 0.05) is 16.7 Å². The number of aromatic nitrogens is 7. The average Bonchev–Trinajstić information content (AvgIpc) is 3.49. The number of allylic oxidation sites excluding steroid dienone is 1. The molecule has 0 radical (unpaired) electrons. The summed E-state index contributed by atoms with van der Waals surface area (Å²) < 4.78 is 31.0. The minimum Gasteiger partial charge on any atom is -0.383 e. The number of hydrogen-bond donors (Lipinski definition) is 1. The van der Waals surface area contributed by atoms with Crippen molar-refractivity contribution in [2.75, 3.05) is 0 Å².